The number of aryl methyl sites for hydroxylation is 1. The van der Waals surface area contributed by atoms with Crippen LogP contribution in [0.5, 0.6) is 0 Å². The van der Waals surface area contributed by atoms with E-state index in [1.165, 1.54) is 4.90 Å². The molecule has 0 aromatic heterocycles. The molecular formula is C21H23N3O4. The fraction of sp³-hybridized carbons (Fsp3) is 0.286. The van der Waals surface area contributed by atoms with E-state index in [0.717, 1.165) is 11.1 Å². The smallest absolute Gasteiger partial charge is 0.259 e. The minimum absolute atomic E-state index is 0.224. The van der Waals surface area contributed by atoms with Gasteiger partial charge in [-0.3, -0.25) is 9.59 Å². The quantitative estimate of drug-likeness (QED) is 0.690. The first-order valence-corrected chi connectivity index (χ1v) is 9.01. The molecule has 0 aliphatic carbocycles. The van der Waals surface area contributed by atoms with Gasteiger partial charge in [0.2, 0.25) is 0 Å². The van der Waals surface area contributed by atoms with Gasteiger partial charge in [0, 0.05) is 23.6 Å². The second kappa shape index (κ2) is 8.33. The zero-order valence-corrected chi connectivity index (χ0v) is 15.8. The lowest BCUT2D eigenvalue weighted by molar-refractivity contribution is -0.150. The van der Waals surface area contributed by atoms with Crippen molar-refractivity contribution in [2.45, 2.75) is 26.1 Å². The molecule has 2 aromatic rings. The molecule has 2 amide bonds. The number of anilines is 2. The predicted octanol–water partition coefficient (Wildman–Crippen LogP) is 2.11. The third kappa shape index (κ3) is 4.27. The van der Waals surface area contributed by atoms with Crippen LogP contribution in [0.3, 0.4) is 0 Å². The maximum Gasteiger partial charge on any atom is 0.259 e. The van der Waals surface area contributed by atoms with Crippen molar-refractivity contribution in [3.05, 3.63) is 59.7 Å². The van der Waals surface area contributed by atoms with Gasteiger partial charge in [-0.1, -0.05) is 29.8 Å². The summed E-state index contributed by atoms with van der Waals surface area (Å²) in [6.45, 7) is 4.21. The summed E-state index contributed by atoms with van der Waals surface area (Å²) in [6.07, 6.45) is -2.90. The number of nitrogens with zero attached hydrogens (tertiary/aromatic N) is 1. The Labute approximate surface area is 163 Å². The molecular weight excluding hydrogens is 358 g/mol. The minimum atomic E-state index is -1.63. The summed E-state index contributed by atoms with van der Waals surface area (Å²) in [5.74, 6) is -1.17. The largest absolute Gasteiger partial charge is 0.380 e. The highest BCUT2D eigenvalue weighted by Crippen LogP contribution is 2.21. The van der Waals surface area contributed by atoms with Gasteiger partial charge in [0.25, 0.3) is 11.8 Å². The molecule has 2 unspecified atom stereocenters. The van der Waals surface area contributed by atoms with Crippen molar-refractivity contribution in [2.75, 3.05) is 23.4 Å². The Morgan fingerprint density at radius 2 is 1.86 bits per heavy atom. The van der Waals surface area contributed by atoms with Gasteiger partial charge in [0.1, 0.15) is 0 Å². The van der Waals surface area contributed by atoms with Gasteiger partial charge in [-0.25, -0.2) is 0 Å². The highest BCUT2D eigenvalue weighted by molar-refractivity contribution is 6.04. The Bertz CT molecular complexity index is 878. The Hall–Kier alpha value is -3.03. The average molecular weight is 381 g/mol. The molecule has 1 aliphatic heterocycles. The van der Waals surface area contributed by atoms with E-state index in [2.05, 4.69) is 5.32 Å². The highest BCUT2D eigenvalue weighted by Gasteiger charge is 2.39. The monoisotopic (exact) mass is 381 g/mol. The van der Waals surface area contributed by atoms with Crippen LogP contribution in [0, 0.1) is 12.3 Å². The lowest BCUT2D eigenvalue weighted by Crippen LogP contribution is -2.55. The predicted molar refractivity (Wildman–Crippen MR) is 107 cm³/mol. The maximum absolute atomic E-state index is 12.8. The molecule has 1 aliphatic rings. The minimum Gasteiger partial charge on any atom is -0.380 e. The molecule has 2 atom stereocenters. The number of aliphatic hydroxyl groups is 1. The Kier molecular flexibility index (Phi) is 5.87. The number of rotatable bonds is 5. The summed E-state index contributed by atoms with van der Waals surface area (Å²) in [5.41, 5.74) is 3.39. The zero-order valence-electron chi connectivity index (χ0n) is 15.8. The molecule has 1 fully saturated rings. The standard InChI is InChI=1S/C21H23N3O4/c1-13-3-9-17(10-4-13)24-11-12-28-19(21(24)27)18(25)20(26)23-16-7-5-15(6-8-16)14(2)22/h3-10,18-19,22,25H,11-12H2,1-2H3,(H,23,26). The zero-order chi connectivity index (χ0) is 20.3. The molecule has 2 aromatic carbocycles. The summed E-state index contributed by atoms with van der Waals surface area (Å²) in [7, 11) is 0. The first kappa shape index (κ1) is 19.7. The van der Waals surface area contributed by atoms with E-state index >= 15 is 0 Å². The fourth-order valence-corrected chi connectivity index (χ4v) is 2.97. The van der Waals surface area contributed by atoms with Gasteiger partial charge >= 0.3 is 0 Å². The average Bonchev–Trinajstić information content (AvgIpc) is 2.69. The van der Waals surface area contributed by atoms with Crippen molar-refractivity contribution >= 4 is 28.9 Å². The number of benzene rings is 2. The highest BCUT2D eigenvalue weighted by atomic mass is 16.5. The van der Waals surface area contributed by atoms with Gasteiger partial charge in [-0.15, -0.1) is 0 Å². The molecule has 1 saturated heterocycles. The number of ether oxygens (including phenoxy) is 1. The molecule has 0 spiro atoms. The van der Waals surface area contributed by atoms with Gasteiger partial charge in [0.15, 0.2) is 12.2 Å². The topological polar surface area (TPSA) is 103 Å². The number of hydrogen-bond donors (Lipinski definition) is 3. The molecule has 1 heterocycles. The molecule has 3 N–H and O–H groups in total. The van der Waals surface area contributed by atoms with Gasteiger partial charge < -0.3 is 25.5 Å². The van der Waals surface area contributed by atoms with Crippen LogP contribution in [0.15, 0.2) is 48.5 Å². The van der Waals surface area contributed by atoms with E-state index in [0.29, 0.717) is 23.6 Å². The van der Waals surface area contributed by atoms with Crippen LogP contribution in [0.25, 0.3) is 0 Å². The Morgan fingerprint density at radius 3 is 2.46 bits per heavy atom. The summed E-state index contributed by atoms with van der Waals surface area (Å²) in [5, 5.41) is 20.6. The van der Waals surface area contributed by atoms with Crippen molar-refractivity contribution in [2.24, 2.45) is 0 Å². The second-order valence-electron chi connectivity index (χ2n) is 6.75. The molecule has 3 rings (SSSR count). The first-order valence-electron chi connectivity index (χ1n) is 9.01. The van der Waals surface area contributed by atoms with Crippen LogP contribution < -0.4 is 10.2 Å². The number of carbonyl (C=O) groups excluding carboxylic acids is 2. The summed E-state index contributed by atoms with van der Waals surface area (Å²) < 4.78 is 5.41. The van der Waals surface area contributed by atoms with E-state index in [1.54, 1.807) is 31.2 Å². The van der Waals surface area contributed by atoms with Crippen LogP contribution in [-0.4, -0.2) is 48.0 Å². The van der Waals surface area contributed by atoms with E-state index in [1.807, 2.05) is 31.2 Å². The summed E-state index contributed by atoms with van der Waals surface area (Å²) in [6, 6.07) is 14.1. The molecule has 28 heavy (non-hydrogen) atoms. The lowest BCUT2D eigenvalue weighted by atomic mass is 10.1. The molecule has 0 bridgehead atoms. The second-order valence-corrected chi connectivity index (χ2v) is 6.75. The molecule has 0 radical (unpaired) electrons. The number of aliphatic hydroxyl groups excluding tert-OH is 1. The van der Waals surface area contributed by atoms with Crippen LogP contribution in [0.4, 0.5) is 11.4 Å². The van der Waals surface area contributed by atoms with Crippen molar-refractivity contribution in [1.82, 2.24) is 0 Å². The van der Waals surface area contributed by atoms with Crippen molar-refractivity contribution in [3.8, 4) is 0 Å². The van der Waals surface area contributed by atoms with Gasteiger partial charge in [-0.2, -0.15) is 0 Å². The third-order valence-electron chi connectivity index (χ3n) is 4.61. The van der Waals surface area contributed by atoms with E-state index in [9.17, 15) is 14.7 Å². The molecule has 7 heteroatoms. The van der Waals surface area contributed by atoms with Crippen molar-refractivity contribution < 1.29 is 19.4 Å². The van der Waals surface area contributed by atoms with Crippen LogP contribution in [0.1, 0.15) is 18.1 Å². The Morgan fingerprint density at radius 1 is 1.21 bits per heavy atom. The van der Waals surface area contributed by atoms with Crippen molar-refractivity contribution in [1.29, 1.82) is 5.41 Å². The maximum atomic E-state index is 12.8. The van der Waals surface area contributed by atoms with Gasteiger partial charge in [0.05, 0.1) is 6.61 Å². The molecule has 146 valence electrons. The van der Waals surface area contributed by atoms with E-state index in [4.69, 9.17) is 10.1 Å². The summed E-state index contributed by atoms with van der Waals surface area (Å²) >= 11 is 0. The lowest BCUT2D eigenvalue weighted by Gasteiger charge is -2.34. The number of carbonyl (C=O) groups is 2. The summed E-state index contributed by atoms with van der Waals surface area (Å²) in [4.78, 5) is 26.7. The fourth-order valence-electron chi connectivity index (χ4n) is 2.97. The number of amides is 2. The molecule has 7 nitrogen and oxygen atoms in total. The van der Waals surface area contributed by atoms with Crippen LogP contribution in [-0.2, 0) is 14.3 Å². The van der Waals surface area contributed by atoms with E-state index < -0.39 is 24.0 Å². The number of nitrogens with one attached hydrogen (secondary N) is 2. The number of morpholine rings is 1. The van der Waals surface area contributed by atoms with Gasteiger partial charge in [-0.05, 0) is 43.7 Å². The third-order valence-corrected chi connectivity index (χ3v) is 4.61. The normalized spacial score (nSPS) is 17.9. The SMILES string of the molecule is CC(=N)c1ccc(NC(=O)C(O)C2OCCN(c3ccc(C)cc3)C2=O)cc1. The molecule has 0 saturated carbocycles. The van der Waals surface area contributed by atoms with E-state index in [-0.39, 0.29) is 6.61 Å². The number of hydrogen-bond acceptors (Lipinski definition) is 5. The van der Waals surface area contributed by atoms with Crippen molar-refractivity contribution in [3.63, 3.8) is 0 Å². The first-order chi connectivity index (χ1) is 13.4. The van der Waals surface area contributed by atoms with Crippen LogP contribution >= 0.6 is 0 Å². The Balaban J connectivity index is 1.69. The van der Waals surface area contributed by atoms with Crippen LogP contribution in [0.2, 0.25) is 0 Å².